The molecule has 3 heterocycles. The van der Waals surface area contributed by atoms with Crippen LogP contribution in [0.15, 0.2) is 48.5 Å². The van der Waals surface area contributed by atoms with Gasteiger partial charge in [-0.05, 0) is 19.1 Å². The van der Waals surface area contributed by atoms with Crippen molar-refractivity contribution in [3.63, 3.8) is 0 Å². The first-order valence-electron chi connectivity index (χ1n) is 10.2. The second-order valence-electron chi connectivity index (χ2n) is 8.30. The number of aliphatic hydroxyl groups is 1. The topological polar surface area (TPSA) is 108 Å². The number of nitrogens with zero attached hydrogens (tertiary/aromatic N) is 1. The fourth-order valence-corrected chi connectivity index (χ4v) is 5.32. The minimum Gasteiger partial charge on any atom is -0.496 e. The van der Waals surface area contributed by atoms with E-state index in [4.69, 9.17) is 4.74 Å². The van der Waals surface area contributed by atoms with Crippen molar-refractivity contribution >= 4 is 23.4 Å². The van der Waals surface area contributed by atoms with Gasteiger partial charge >= 0.3 is 0 Å². The number of carbonyl (C=O) groups is 3. The van der Waals surface area contributed by atoms with Crippen LogP contribution in [-0.4, -0.2) is 47.0 Å². The van der Waals surface area contributed by atoms with Crippen LogP contribution in [0.25, 0.3) is 0 Å². The second kappa shape index (κ2) is 6.90. The molecule has 5 rings (SSSR count). The van der Waals surface area contributed by atoms with Gasteiger partial charge < -0.3 is 15.2 Å². The molecule has 3 N–H and O–H groups in total. The minimum atomic E-state index is -1.40. The number of ether oxygens (including phenoxy) is 1. The molecule has 5 atom stereocenters. The first-order valence-corrected chi connectivity index (χ1v) is 10.2. The summed E-state index contributed by atoms with van der Waals surface area (Å²) in [5.41, 5.74) is 0.524. The highest BCUT2D eigenvalue weighted by Crippen LogP contribution is 2.53. The number of rotatable bonds is 4. The van der Waals surface area contributed by atoms with Gasteiger partial charge in [0.2, 0.25) is 17.7 Å². The van der Waals surface area contributed by atoms with Gasteiger partial charge in [-0.15, -0.1) is 0 Å². The third-order valence-electron chi connectivity index (χ3n) is 6.69. The molecule has 8 heteroatoms. The van der Waals surface area contributed by atoms with Crippen LogP contribution in [0.5, 0.6) is 5.75 Å². The van der Waals surface area contributed by atoms with E-state index < -0.39 is 41.3 Å². The van der Waals surface area contributed by atoms with Crippen molar-refractivity contribution in [1.29, 1.82) is 0 Å². The van der Waals surface area contributed by atoms with Crippen LogP contribution < -0.4 is 15.4 Å². The lowest BCUT2D eigenvalue weighted by Gasteiger charge is -2.30. The smallest absolute Gasteiger partial charge is 0.250 e. The molecule has 0 radical (unpaired) electrons. The molecule has 0 aliphatic carbocycles. The lowest BCUT2D eigenvalue weighted by Crippen LogP contribution is -2.54. The number of likely N-dealkylation sites (tertiary alicyclic amines) is 1. The van der Waals surface area contributed by atoms with Crippen molar-refractivity contribution in [2.45, 2.75) is 31.2 Å². The van der Waals surface area contributed by atoms with Crippen molar-refractivity contribution < 1.29 is 24.2 Å². The molecular formula is C23H23N3O5. The molecule has 3 aliphatic rings. The number of para-hydroxylation sites is 2. The fourth-order valence-electron chi connectivity index (χ4n) is 5.32. The van der Waals surface area contributed by atoms with Gasteiger partial charge in [0.25, 0.3) is 0 Å². The lowest BCUT2D eigenvalue weighted by molar-refractivity contribution is -0.143. The molecule has 2 saturated heterocycles. The number of anilines is 1. The number of hydrogen-bond acceptors (Lipinski definition) is 6. The molecule has 3 aliphatic heterocycles. The summed E-state index contributed by atoms with van der Waals surface area (Å²) >= 11 is 0. The molecule has 0 aromatic heterocycles. The molecule has 0 unspecified atom stereocenters. The van der Waals surface area contributed by atoms with E-state index >= 15 is 0 Å². The highest BCUT2D eigenvalue weighted by atomic mass is 16.5. The van der Waals surface area contributed by atoms with Gasteiger partial charge in [-0.25, -0.2) is 0 Å². The minimum absolute atomic E-state index is 0.0422. The Bertz CT molecular complexity index is 1100. The van der Waals surface area contributed by atoms with E-state index in [2.05, 4.69) is 10.6 Å². The van der Waals surface area contributed by atoms with Crippen molar-refractivity contribution in [3.8, 4) is 5.75 Å². The zero-order valence-corrected chi connectivity index (χ0v) is 17.2. The summed E-state index contributed by atoms with van der Waals surface area (Å²) in [5.74, 6) is -2.43. The summed E-state index contributed by atoms with van der Waals surface area (Å²) in [5, 5.41) is 16.5. The van der Waals surface area contributed by atoms with Crippen LogP contribution in [0.2, 0.25) is 0 Å². The summed E-state index contributed by atoms with van der Waals surface area (Å²) in [4.78, 5) is 41.5. The van der Waals surface area contributed by atoms with E-state index in [-0.39, 0.29) is 12.5 Å². The third kappa shape index (κ3) is 2.58. The highest BCUT2D eigenvalue weighted by Gasteiger charge is 2.71. The predicted octanol–water partition coefficient (Wildman–Crippen LogP) is 0.997. The van der Waals surface area contributed by atoms with Gasteiger partial charge in [-0.2, -0.15) is 0 Å². The van der Waals surface area contributed by atoms with Crippen LogP contribution >= 0.6 is 0 Å². The van der Waals surface area contributed by atoms with E-state index in [0.717, 1.165) is 0 Å². The molecule has 2 aromatic rings. The van der Waals surface area contributed by atoms with E-state index in [1.165, 1.54) is 12.0 Å². The number of carbonyl (C=O) groups excluding carboxylic acids is 3. The van der Waals surface area contributed by atoms with Crippen LogP contribution in [0.1, 0.15) is 18.1 Å². The maximum Gasteiger partial charge on any atom is 0.250 e. The number of aliphatic hydroxyl groups excluding tert-OH is 1. The van der Waals surface area contributed by atoms with E-state index in [1.54, 1.807) is 43.3 Å². The Morgan fingerprint density at radius 2 is 1.81 bits per heavy atom. The third-order valence-corrected chi connectivity index (χ3v) is 6.69. The van der Waals surface area contributed by atoms with Gasteiger partial charge in [0.15, 0.2) is 0 Å². The summed E-state index contributed by atoms with van der Waals surface area (Å²) in [6.07, 6.45) is -0.935. The molecule has 0 bridgehead atoms. The van der Waals surface area contributed by atoms with Crippen molar-refractivity contribution in [3.05, 3.63) is 59.7 Å². The highest BCUT2D eigenvalue weighted by molar-refractivity contribution is 6.15. The maximum atomic E-state index is 13.6. The first kappa shape index (κ1) is 19.7. The number of amides is 3. The van der Waals surface area contributed by atoms with Crippen LogP contribution in [-0.2, 0) is 26.5 Å². The quantitative estimate of drug-likeness (QED) is 0.636. The number of hydrogen-bond donors (Lipinski definition) is 3. The largest absolute Gasteiger partial charge is 0.496 e. The Morgan fingerprint density at radius 1 is 1.10 bits per heavy atom. The van der Waals surface area contributed by atoms with Crippen LogP contribution in [0.3, 0.4) is 0 Å². The monoisotopic (exact) mass is 421 g/mol. The van der Waals surface area contributed by atoms with Gasteiger partial charge in [0, 0.05) is 22.9 Å². The van der Waals surface area contributed by atoms with E-state index in [0.29, 0.717) is 22.6 Å². The molecule has 31 heavy (non-hydrogen) atoms. The van der Waals surface area contributed by atoms with Gasteiger partial charge in [-0.3, -0.25) is 24.6 Å². The normalized spacial score (nSPS) is 29.8. The van der Waals surface area contributed by atoms with Gasteiger partial charge in [-0.1, -0.05) is 36.4 Å². The number of nitrogens with one attached hydrogen (secondary N) is 2. The summed E-state index contributed by atoms with van der Waals surface area (Å²) in [6.45, 7) is 1.60. The van der Waals surface area contributed by atoms with Crippen LogP contribution in [0.4, 0.5) is 5.69 Å². The summed E-state index contributed by atoms with van der Waals surface area (Å²) < 4.78 is 5.37. The first-order chi connectivity index (χ1) is 14.9. The maximum absolute atomic E-state index is 13.6. The Balaban J connectivity index is 1.60. The Kier molecular flexibility index (Phi) is 4.39. The average molecular weight is 421 g/mol. The Morgan fingerprint density at radius 3 is 2.55 bits per heavy atom. The molecule has 2 fully saturated rings. The number of benzene rings is 2. The molecule has 1 spiro atoms. The second-order valence-corrected chi connectivity index (χ2v) is 8.30. The predicted molar refractivity (Wildman–Crippen MR) is 111 cm³/mol. The number of imide groups is 1. The SMILES string of the molecule is COc1ccccc1CN1C(=O)[C@@H]2[C@H]([C@@H](C)O)N[C@]3(C(=O)Nc4ccccc43)[C@@H]2C1=O. The van der Waals surface area contributed by atoms with Crippen molar-refractivity contribution in [2.24, 2.45) is 11.8 Å². The van der Waals surface area contributed by atoms with E-state index in [1.807, 2.05) is 12.1 Å². The zero-order valence-electron chi connectivity index (χ0n) is 17.2. The number of fused-ring (bicyclic) bond motifs is 4. The molecule has 2 aromatic carbocycles. The summed E-state index contributed by atoms with van der Waals surface area (Å²) in [6, 6.07) is 13.6. The lowest BCUT2D eigenvalue weighted by atomic mass is 9.76. The summed E-state index contributed by atoms with van der Waals surface area (Å²) in [7, 11) is 1.53. The number of methoxy groups -OCH3 is 1. The Labute approximate surface area is 179 Å². The Hall–Kier alpha value is -3.23. The fraction of sp³-hybridized carbons (Fsp3) is 0.348. The zero-order chi connectivity index (χ0) is 21.9. The van der Waals surface area contributed by atoms with E-state index in [9.17, 15) is 19.5 Å². The van der Waals surface area contributed by atoms with Crippen molar-refractivity contribution in [1.82, 2.24) is 10.2 Å². The molecule has 3 amide bonds. The molecular weight excluding hydrogens is 398 g/mol. The van der Waals surface area contributed by atoms with Crippen LogP contribution in [0, 0.1) is 11.8 Å². The molecule has 8 nitrogen and oxygen atoms in total. The van der Waals surface area contributed by atoms with Gasteiger partial charge in [0.05, 0.1) is 31.6 Å². The standard InChI is InChI=1S/C23H23N3O5/c1-12(27)19-17-18(23(25-19)14-8-4-5-9-15(14)24-22(23)30)21(29)26(20(17)28)11-13-7-3-6-10-16(13)31-2/h3-10,12,17-19,25,27H,11H2,1-2H3,(H,24,30)/t12-,17+,18+,19+,23+/m1/s1. The molecule has 0 saturated carbocycles. The molecule has 160 valence electrons. The van der Waals surface area contributed by atoms with Gasteiger partial charge in [0.1, 0.15) is 11.3 Å². The van der Waals surface area contributed by atoms with Crippen molar-refractivity contribution in [2.75, 3.05) is 12.4 Å². The average Bonchev–Trinajstić information content (AvgIpc) is 3.35.